The Morgan fingerprint density at radius 2 is 2.04 bits per heavy atom. The van der Waals surface area contributed by atoms with Crippen molar-refractivity contribution in [1.29, 1.82) is 0 Å². The summed E-state index contributed by atoms with van der Waals surface area (Å²) in [6, 6.07) is 1.83. The van der Waals surface area contributed by atoms with Crippen molar-refractivity contribution in [2.45, 2.75) is 27.2 Å². The molecule has 2 rings (SSSR count). The van der Waals surface area contributed by atoms with E-state index in [0.29, 0.717) is 0 Å². The molecule has 1 unspecified atom stereocenters. The first kappa shape index (κ1) is 17.8. The maximum Gasteiger partial charge on any atom is 0.311 e. The third kappa shape index (κ3) is 2.83. The first-order valence-corrected chi connectivity index (χ1v) is 7.57. The fourth-order valence-electron chi connectivity index (χ4n) is 3.21. The van der Waals surface area contributed by atoms with E-state index in [-0.39, 0.29) is 36.6 Å². The van der Waals surface area contributed by atoms with Crippen LogP contribution in [0.15, 0.2) is 12.1 Å². The van der Waals surface area contributed by atoms with Gasteiger partial charge in [0.15, 0.2) is 0 Å². The number of aliphatic carboxylic acids is 1. The number of likely N-dealkylation sites (tertiary alicyclic amines) is 1. The van der Waals surface area contributed by atoms with Crippen molar-refractivity contribution in [1.82, 2.24) is 4.90 Å². The van der Waals surface area contributed by atoms with Crippen LogP contribution in [0, 0.1) is 34.2 Å². The summed E-state index contributed by atoms with van der Waals surface area (Å²) >= 11 is 0. The van der Waals surface area contributed by atoms with Gasteiger partial charge in [-0.1, -0.05) is 13.8 Å². The lowest BCUT2D eigenvalue weighted by Crippen LogP contribution is -2.40. The number of rotatable bonds is 4. The van der Waals surface area contributed by atoms with Crippen LogP contribution < -0.4 is 0 Å². The minimum atomic E-state index is -1.09. The van der Waals surface area contributed by atoms with Gasteiger partial charge in [0.25, 0.3) is 11.6 Å². The van der Waals surface area contributed by atoms with Crippen LogP contribution in [0.1, 0.15) is 36.2 Å². The molecule has 1 amide bonds. The molecule has 0 radical (unpaired) electrons. The second-order valence-electron chi connectivity index (χ2n) is 6.47. The Morgan fingerprint density at radius 1 is 1.42 bits per heavy atom. The van der Waals surface area contributed by atoms with Gasteiger partial charge in [0.1, 0.15) is 11.4 Å². The lowest BCUT2D eigenvalue weighted by atomic mass is 9.76. The molecule has 24 heavy (non-hydrogen) atoms. The molecule has 1 aliphatic heterocycles. The summed E-state index contributed by atoms with van der Waals surface area (Å²) in [7, 11) is 0. The minimum Gasteiger partial charge on any atom is -0.481 e. The van der Waals surface area contributed by atoms with Gasteiger partial charge < -0.3 is 10.0 Å². The lowest BCUT2D eigenvalue weighted by molar-refractivity contribution is -0.385. The van der Waals surface area contributed by atoms with E-state index in [4.69, 9.17) is 0 Å². The van der Waals surface area contributed by atoms with Gasteiger partial charge in [-0.25, -0.2) is 4.39 Å². The summed E-state index contributed by atoms with van der Waals surface area (Å²) < 4.78 is 13.6. The molecule has 8 heteroatoms. The lowest BCUT2D eigenvalue weighted by Gasteiger charge is -2.28. The van der Waals surface area contributed by atoms with Crippen LogP contribution in [0.5, 0.6) is 0 Å². The van der Waals surface area contributed by atoms with E-state index >= 15 is 0 Å². The molecule has 0 saturated carbocycles. The molecule has 1 aliphatic rings. The zero-order chi connectivity index (χ0) is 18.2. The number of carboxylic acids is 1. The van der Waals surface area contributed by atoms with Gasteiger partial charge in [-0.3, -0.25) is 19.7 Å². The molecule has 1 atom stereocenters. The molecule has 1 N–H and O–H groups in total. The molecule has 7 nitrogen and oxygen atoms in total. The monoisotopic (exact) mass is 338 g/mol. The number of nitro benzene ring substituents is 1. The molecule has 0 bridgehead atoms. The summed E-state index contributed by atoms with van der Waals surface area (Å²) in [5.41, 5.74) is -1.83. The van der Waals surface area contributed by atoms with Crippen LogP contribution in [0.25, 0.3) is 0 Å². The first-order valence-electron chi connectivity index (χ1n) is 7.57. The van der Waals surface area contributed by atoms with Crippen LogP contribution in [-0.4, -0.2) is 39.9 Å². The predicted octanol–water partition coefficient (Wildman–Crippen LogP) is 2.62. The Bertz CT molecular complexity index is 719. The maximum atomic E-state index is 13.6. The number of nitro groups is 1. The van der Waals surface area contributed by atoms with Gasteiger partial charge in [-0.15, -0.1) is 0 Å². The topological polar surface area (TPSA) is 101 Å². The zero-order valence-corrected chi connectivity index (χ0v) is 13.7. The Kier molecular flexibility index (Phi) is 4.59. The Labute approximate surface area is 138 Å². The van der Waals surface area contributed by atoms with Crippen LogP contribution in [0.3, 0.4) is 0 Å². The number of carbonyl (C=O) groups is 2. The average Bonchev–Trinajstić information content (AvgIpc) is 2.91. The second kappa shape index (κ2) is 6.18. The summed E-state index contributed by atoms with van der Waals surface area (Å²) in [5.74, 6) is -2.67. The van der Waals surface area contributed by atoms with Gasteiger partial charge in [0, 0.05) is 18.7 Å². The molecular weight excluding hydrogens is 319 g/mol. The van der Waals surface area contributed by atoms with Gasteiger partial charge in [-0.2, -0.15) is 0 Å². The summed E-state index contributed by atoms with van der Waals surface area (Å²) in [6.45, 7) is 4.99. The average molecular weight is 338 g/mol. The highest BCUT2D eigenvalue weighted by Crippen LogP contribution is 2.39. The highest BCUT2D eigenvalue weighted by molar-refractivity contribution is 5.99. The van der Waals surface area contributed by atoms with Gasteiger partial charge >= 0.3 is 5.97 Å². The van der Waals surface area contributed by atoms with Crippen molar-refractivity contribution in [3.8, 4) is 0 Å². The highest BCUT2D eigenvalue weighted by atomic mass is 19.1. The van der Waals surface area contributed by atoms with Crippen molar-refractivity contribution in [2.24, 2.45) is 11.3 Å². The number of benzene rings is 1. The van der Waals surface area contributed by atoms with Crippen LogP contribution in [-0.2, 0) is 4.79 Å². The molecular formula is C16H19FN2O5. The third-order valence-corrected chi connectivity index (χ3v) is 4.80. The summed E-state index contributed by atoms with van der Waals surface area (Å²) in [6.07, 6.45) is 0.258. The number of carbonyl (C=O) groups excluding carboxylic acids is 1. The highest BCUT2D eigenvalue weighted by Gasteiger charge is 2.49. The van der Waals surface area contributed by atoms with Gasteiger partial charge in [-0.05, 0) is 31.4 Å². The summed E-state index contributed by atoms with van der Waals surface area (Å²) in [5, 5.41) is 20.8. The van der Waals surface area contributed by atoms with Gasteiger partial charge in [0.05, 0.1) is 10.3 Å². The zero-order valence-electron chi connectivity index (χ0n) is 13.7. The van der Waals surface area contributed by atoms with E-state index < -0.39 is 33.7 Å². The predicted molar refractivity (Wildman–Crippen MR) is 83.2 cm³/mol. The maximum absolute atomic E-state index is 13.6. The molecule has 130 valence electrons. The van der Waals surface area contributed by atoms with E-state index in [1.165, 1.54) is 11.8 Å². The van der Waals surface area contributed by atoms with Gasteiger partial charge in [0.2, 0.25) is 0 Å². The Morgan fingerprint density at radius 3 is 2.50 bits per heavy atom. The number of hydrogen-bond donors (Lipinski definition) is 1. The van der Waals surface area contributed by atoms with E-state index in [1.54, 1.807) is 13.8 Å². The third-order valence-electron chi connectivity index (χ3n) is 4.80. The van der Waals surface area contributed by atoms with E-state index in [0.717, 1.165) is 12.1 Å². The van der Waals surface area contributed by atoms with Crippen molar-refractivity contribution in [2.75, 3.05) is 13.1 Å². The quantitative estimate of drug-likeness (QED) is 0.672. The van der Waals surface area contributed by atoms with Crippen molar-refractivity contribution in [3.63, 3.8) is 0 Å². The van der Waals surface area contributed by atoms with E-state index in [2.05, 4.69) is 0 Å². The van der Waals surface area contributed by atoms with Crippen LogP contribution >= 0.6 is 0 Å². The SMILES string of the molecule is Cc1cc(F)cc(C(=O)N2CCC(C(=O)O)(C(C)C)C2)c1[N+](=O)[O-]. The van der Waals surface area contributed by atoms with Crippen LogP contribution in [0.2, 0.25) is 0 Å². The standard InChI is InChI=1S/C16H19FN2O5/c1-9(2)16(15(21)22)4-5-18(8-16)14(20)12-7-11(17)6-10(3)13(12)19(23)24/h6-7,9H,4-5,8H2,1-3H3,(H,21,22). The molecule has 1 fully saturated rings. The van der Waals surface area contributed by atoms with E-state index in [1.807, 2.05) is 0 Å². The molecule has 1 aromatic rings. The van der Waals surface area contributed by atoms with Crippen LogP contribution in [0.4, 0.5) is 10.1 Å². The molecule has 0 spiro atoms. The van der Waals surface area contributed by atoms with Crippen molar-refractivity contribution in [3.05, 3.63) is 39.2 Å². The fourth-order valence-corrected chi connectivity index (χ4v) is 3.21. The molecule has 0 aliphatic carbocycles. The molecule has 1 aromatic carbocycles. The summed E-state index contributed by atoms with van der Waals surface area (Å²) in [4.78, 5) is 36.1. The largest absolute Gasteiger partial charge is 0.481 e. The number of amides is 1. The molecule has 1 heterocycles. The Balaban J connectivity index is 2.41. The van der Waals surface area contributed by atoms with E-state index in [9.17, 15) is 29.2 Å². The fraction of sp³-hybridized carbons (Fsp3) is 0.500. The number of halogens is 1. The number of nitrogens with zero attached hydrogens (tertiary/aromatic N) is 2. The number of carboxylic acid groups (broad SMARTS) is 1. The number of aryl methyl sites for hydroxylation is 1. The minimum absolute atomic E-state index is 0.0501. The second-order valence-corrected chi connectivity index (χ2v) is 6.47. The smallest absolute Gasteiger partial charge is 0.311 e. The first-order chi connectivity index (χ1) is 11.1. The molecule has 1 saturated heterocycles. The Hall–Kier alpha value is -2.51. The molecule has 0 aromatic heterocycles. The normalized spacial score (nSPS) is 20.5. The number of hydrogen-bond acceptors (Lipinski definition) is 4. The van der Waals surface area contributed by atoms with Crippen molar-refractivity contribution < 1.29 is 24.0 Å². The van der Waals surface area contributed by atoms with Crippen molar-refractivity contribution >= 4 is 17.6 Å².